The molecule has 1 aromatic carbocycles. The topological polar surface area (TPSA) is 372 Å². The number of carbonyl (C=O) groups is 10. The number of primary amides is 4. The Hall–Kier alpha value is -6.12. The first-order valence-electron chi connectivity index (χ1n) is 17.1. The number of carbonyl (C=O) groups excluding carboxylic acids is 9. The van der Waals surface area contributed by atoms with Crippen molar-refractivity contribution in [2.45, 2.75) is 100 Å². The normalized spacial score (nSPS) is 16.4. The molecule has 0 saturated carbocycles. The minimum absolute atomic E-state index is 0.0601. The molecule has 2 rings (SSSR count). The van der Waals surface area contributed by atoms with E-state index in [9.17, 15) is 53.1 Å². The van der Waals surface area contributed by atoms with Crippen LogP contribution in [0, 0.1) is 0 Å². The second-order valence-electron chi connectivity index (χ2n) is 12.8. The van der Waals surface area contributed by atoms with E-state index < -0.39 is 127 Å². The maximum atomic E-state index is 13.7. The molecule has 296 valence electrons. The summed E-state index contributed by atoms with van der Waals surface area (Å²) in [4.78, 5) is 126. The van der Waals surface area contributed by atoms with Crippen molar-refractivity contribution in [3.63, 3.8) is 0 Å². The van der Waals surface area contributed by atoms with E-state index in [4.69, 9.17) is 28.7 Å². The number of amides is 9. The van der Waals surface area contributed by atoms with Crippen LogP contribution in [0.2, 0.25) is 0 Å². The van der Waals surface area contributed by atoms with E-state index in [1.807, 2.05) is 0 Å². The van der Waals surface area contributed by atoms with Crippen LogP contribution in [0.3, 0.4) is 0 Å². The first-order chi connectivity index (χ1) is 25.4. The van der Waals surface area contributed by atoms with Gasteiger partial charge in [-0.2, -0.15) is 0 Å². The molecule has 1 heterocycles. The van der Waals surface area contributed by atoms with Gasteiger partial charge in [0.05, 0.1) is 12.5 Å². The molecule has 0 spiro atoms. The number of carboxylic acids is 1. The Morgan fingerprint density at radius 3 is 1.56 bits per heavy atom. The van der Waals surface area contributed by atoms with Crippen molar-refractivity contribution in [2.24, 2.45) is 28.7 Å². The number of hydrogen-bond acceptors (Lipinski definition) is 11. The lowest BCUT2D eigenvalue weighted by Gasteiger charge is -2.29. The highest BCUT2D eigenvalue weighted by Crippen LogP contribution is 2.20. The van der Waals surface area contributed by atoms with Crippen molar-refractivity contribution in [1.29, 1.82) is 0 Å². The van der Waals surface area contributed by atoms with Gasteiger partial charge in [-0.05, 0) is 37.7 Å². The highest BCUT2D eigenvalue weighted by Gasteiger charge is 2.39. The van der Waals surface area contributed by atoms with Crippen molar-refractivity contribution in [3.05, 3.63) is 35.9 Å². The van der Waals surface area contributed by atoms with Crippen LogP contribution in [0.15, 0.2) is 30.3 Å². The summed E-state index contributed by atoms with van der Waals surface area (Å²) in [6.45, 7) is 0.0601. The predicted octanol–water partition coefficient (Wildman–Crippen LogP) is -4.76. The van der Waals surface area contributed by atoms with Gasteiger partial charge in [0, 0.05) is 32.2 Å². The molecule has 6 atom stereocenters. The fraction of sp³-hybridized carbons (Fsp3) is 0.515. The summed E-state index contributed by atoms with van der Waals surface area (Å²) in [7, 11) is 0. The van der Waals surface area contributed by atoms with E-state index in [0.29, 0.717) is 12.0 Å². The van der Waals surface area contributed by atoms with Gasteiger partial charge in [-0.1, -0.05) is 30.3 Å². The standard InChI is InChI=1S/C33H48N10O11/c34-18(16-27(38)47)28(48)42-22(15-17-5-2-1-3-6-17)31(51)40-19(8-11-24(35)44)29(49)39-20(9-12-25(36)45)30(50)41-21(10-13-26(37)46)32(52)43-14-4-7-23(43)33(53)54/h1-3,5-6,18-23H,4,7-16,34H2,(H2,35,44)(H2,36,45)(H2,37,46)(H2,38,47)(H,39,49)(H,40,51)(H,41,50)(H,42,48)(H,53,54)/t18-,19-,20-,21-,22-,23-/m0/s1. The lowest BCUT2D eigenvalue weighted by molar-refractivity contribution is -0.149. The lowest BCUT2D eigenvalue weighted by atomic mass is 10.0. The van der Waals surface area contributed by atoms with Crippen molar-refractivity contribution < 1.29 is 53.1 Å². The minimum atomic E-state index is -1.60. The summed E-state index contributed by atoms with van der Waals surface area (Å²) in [5.41, 5.74) is 27.3. The maximum Gasteiger partial charge on any atom is 0.326 e. The number of likely N-dealkylation sites (tertiary alicyclic amines) is 1. The van der Waals surface area contributed by atoms with Crippen LogP contribution in [0.25, 0.3) is 0 Å². The predicted molar refractivity (Wildman–Crippen MR) is 187 cm³/mol. The Bertz CT molecular complexity index is 1570. The molecule has 0 unspecified atom stereocenters. The number of nitrogens with two attached hydrogens (primary N) is 5. The monoisotopic (exact) mass is 760 g/mol. The number of nitrogens with zero attached hydrogens (tertiary/aromatic N) is 1. The zero-order valence-electron chi connectivity index (χ0n) is 29.5. The summed E-state index contributed by atoms with van der Waals surface area (Å²) in [6.07, 6.45) is -2.51. The summed E-state index contributed by atoms with van der Waals surface area (Å²) >= 11 is 0. The lowest BCUT2D eigenvalue weighted by Crippen LogP contribution is -2.59. The van der Waals surface area contributed by atoms with Crippen molar-refractivity contribution in [3.8, 4) is 0 Å². The second-order valence-corrected chi connectivity index (χ2v) is 12.8. The van der Waals surface area contributed by atoms with Gasteiger partial charge in [0.2, 0.25) is 53.2 Å². The molecule has 1 aliphatic heterocycles. The highest BCUT2D eigenvalue weighted by molar-refractivity contribution is 5.97. The molecule has 0 radical (unpaired) electrons. The van der Waals surface area contributed by atoms with Crippen LogP contribution in [-0.2, 0) is 54.4 Å². The van der Waals surface area contributed by atoms with Crippen molar-refractivity contribution >= 4 is 59.1 Å². The van der Waals surface area contributed by atoms with Crippen LogP contribution >= 0.6 is 0 Å². The van der Waals surface area contributed by atoms with Crippen molar-refractivity contribution in [2.75, 3.05) is 6.54 Å². The summed E-state index contributed by atoms with van der Waals surface area (Å²) < 4.78 is 0. The van der Waals surface area contributed by atoms with Gasteiger partial charge < -0.3 is 59.9 Å². The van der Waals surface area contributed by atoms with Gasteiger partial charge in [-0.15, -0.1) is 0 Å². The summed E-state index contributed by atoms with van der Waals surface area (Å²) in [5, 5.41) is 19.2. The van der Waals surface area contributed by atoms with Gasteiger partial charge in [0.15, 0.2) is 0 Å². The third-order valence-corrected chi connectivity index (χ3v) is 8.41. The third-order valence-electron chi connectivity index (χ3n) is 8.41. The Labute approximate surface area is 309 Å². The minimum Gasteiger partial charge on any atom is -0.480 e. The maximum absolute atomic E-state index is 13.7. The molecule has 1 fully saturated rings. The zero-order valence-corrected chi connectivity index (χ0v) is 29.5. The van der Waals surface area contributed by atoms with E-state index >= 15 is 0 Å². The summed E-state index contributed by atoms with van der Waals surface area (Å²) in [6, 6.07) is -0.237. The molecule has 1 aliphatic rings. The SMILES string of the molecule is NC(=O)CC[C@H](NC(=O)[C@H](Cc1ccccc1)NC(=O)[C@@H](N)CC(N)=O)C(=O)N[C@@H](CCC(N)=O)C(=O)N[C@@H](CCC(N)=O)C(=O)N1CCC[C@H]1C(=O)O. The molecule has 15 N–H and O–H groups in total. The molecular weight excluding hydrogens is 712 g/mol. The molecule has 0 aromatic heterocycles. The smallest absolute Gasteiger partial charge is 0.326 e. The van der Waals surface area contributed by atoms with Gasteiger partial charge in [0.25, 0.3) is 0 Å². The average Bonchev–Trinajstić information content (AvgIpc) is 3.60. The first kappa shape index (κ1) is 44.0. The Morgan fingerprint density at radius 1 is 0.648 bits per heavy atom. The second kappa shape index (κ2) is 21.4. The van der Waals surface area contributed by atoms with Crippen molar-refractivity contribution in [1.82, 2.24) is 26.2 Å². The number of aliphatic carboxylic acids is 1. The van der Waals surface area contributed by atoms with E-state index in [1.165, 1.54) is 0 Å². The molecule has 1 aromatic rings. The van der Waals surface area contributed by atoms with Gasteiger partial charge in [-0.25, -0.2) is 4.79 Å². The van der Waals surface area contributed by atoms with Crippen LogP contribution in [-0.4, -0.2) is 112 Å². The van der Waals surface area contributed by atoms with Crippen LogP contribution in [0.5, 0.6) is 0 Å². The Kier molecular flexibility index (Phi) is 17.5. The fourth-order valence-electron chi connectivity index (χ4n) is 5.61. The molecule has 0 bridgehead atoms. The van der Waals surface area contributed by atoms with Gasteiger partial charge in [0.1, 0.15) is 30.2 Å². The summed E-state index contributed by atoms with van der Waals surface area (Å²) in [5.74, 6) is -9.41. The van der Waals surface area contributed by atoms with Gasteiger partial charge >= 0.3 is 5.97 Å². The molecule has 0 aliphatic carbocycles. The van der Waals surface area contributed by atoms with E-state index in [2.05, 4.69) is 21.3 Å². The largest absolute Gasteiger partial charge is 0.480 e. The van der Waals surface area contributed by atoms with Crippen LogP contribution < -0.4 is 49.9 Å². The highest BCUT2D eigenvalue weighted by atomic mass is 16.4. The number of rotatable bonds is 23. The van der Waals surface area contributed by atoms with Crippen LogP contribution in [0.4, 0.5) is 0 Å². The number of carboxylic acid groups (broad SMARTS) is 1. The van der Waals surface area contributed by atoms with E-state index in [0.717, 1.165) is 4.90 Å². The molecule has 9 amide bonds. The third kappa shape index (κ3) is 14.9. The zero-order chi connectivity index (χ0) is 40.5. The number of hydrogen-bond donors (Lipinski definition) is 10. The average molecular weight is 761 g/mol. The quantitative estimate of drug-likeness (QED) is 0.0503. The number of nitrogens with one attached hydrogen (secondary N) is 4. The van der Waals surface area contributed by atoms with E-state index in [-0.39, 0.29) is 32.2 Å². The molecule has 1 saturated heterocycles. The fourth-order valence-corrected chi connectivity index (χ4v) is 5.61. The molecule has 21 nitrogen and oxygen atoms in total. The molecule has 54 heavy (non-hydrogen) atoms. The van der Waals surface area contributed by atoms with Crippen LogP contribution in [0.1, 0.15) is 63.4 Å². The van der Waals surface area contributed by atoms with Gasteiger partial charge in [-0.3, -0.25) is 43.2 Å². The van der Waals surface area contributed by atoms with E-state index in [1.54, 1.807) is 30.3 Å². The Morgan fingerprint density at radius 2 is 1.09 bits per heavy atom. The molecular formula is C33H48N10O11. The number of benzene rings is 1. The first-order valence-corrected chi connectivity index (χ1v) is 17.1. The molecule has 21 heteroatoms. The Balaban J connectivity index is 2.38.